The average molecular weight is 203 g/mol. The molecule has 0 radical (unpaired) electrons. The summed E-state index contributed by atoms with van der Waals surface area (Å²) in [4.78, 5) is 0. The van der Waals surface area contributed by atoms with E-state index in [9.17, 15) is 5.11 Å². The van der Waals surface area contributed by atoms with Gasteiger partial charge in [0.2, 0.25) is 0 Å². The predicted octanol–water partition coefficient (Wildman–Crippen LogP) is 2.14. The van der Waals surface area contributed by atoms with Crippen LogP contribution in [0, 0.1) is 0 Å². The summed E-state index contributed by atoms with van der Waals surface area (Å²) in [5.41, 5.74) is 7.11. The molecule has 1 unspecified atom stereocenters. The molecular weight excluding hydrogens is 190 g/mol. The zero-order chi connectivity index (χ0) is 10.7. The third-order valence-electron chi connectivity index (χ3n) is 2.33. The summed E-state index contributed by atoms with van der Waals surface area (Å²) in [5, 5.41) is 9.93. The van der Waals surface area contributed by atoms with Gasteiger partial charge in [0.05, 0.1) is 12.4 Å². The Balaban J connectivity index is 2.15. The van der Waals surface area contributed by atoms with Gasteiger partial charge in [-0.1, -0.05) is 18.2 Å². The van der Waals surface area contributed by atoms with Crippen LogP contribution >= 0.6 is 0 Å². The number of rotatable bonds is 3. The summed E-state index contributed by atoms with van der Waals surface area (Å²) in [7, 11) is 0. The molecule has 0 spiro atoms. The maximum absolute atomic E-state index is 9.93. The van der Waals surface area contributed by atoms with E-state index in [4.69, 9.17) is 10.2 Å². The standard InChI is InChI=1S/C12H13NO2/c13-11-6-2-1-5-10(11)12(14)8-9-4-3-7-15-9/h1-7,12,14H,8,13H2. The molecule has 3 heteroatoms. The summed E-state index contributed by atoms with van der Waals surface area (Å²) in [6.07, 6.45) is 1.43. The second kappa shape index (κ2) is 4.19. The van der Waals surface area contributed by atoms with Crippen molar-refractivity contribution in [3.63, 3.8) is 0 Å². The molecule has 0 saturated heterocycles. The van der Waals surface area contributed by atoms with Gasteiger partial charge in [-0.2, -0.15) is 0 Å². The van der Waals surface area contributed by atoms with E-state index >= 15 is 0 Å². The number of benzene rings is 1. The highest BCUT2D eigenvalue weighted by Crippen LogP contribution is 2.23. The van der Waals surface area contributed by atoms with Crippen LogP contribution in [0.25, 0.3) is 0 Å². The molecule has 2 aromatic rings. The number of hydrogen-bond donors (Lipinski definition) is 2. The lowest BCUT2D eigenvalue weighted by atomic mass is 10.0. The van der Waals surface area contributed by atoms with Crippen molar-refractivity contribution in [3.05, 3.63) is 54.0 Å². The zero-order valence-corrected chi connectivity index (χ0v) is 8.26. The molecule has 0 aliphatic rings. The van der Waals surface area contributed by atoms with Crippen LogP contribution in [-0.4, -0.2) is 5.11 Å². The Morgan fingerprint density at radius 2 is 2.00 bits per heavy atom. The van der Waals surface area contributed by atoms with Crippen molar-refractivity contribution < 1.29 is 9.52 Å². The molecule has 1 atom stereocenters. The third-order valence-corrected chi connectivity index (χ3v) is 2.33. The Bertz CT molecular complexity index is 423. The molecule has 0 aliphatic heterocycles. The van der Waals surface area contributed by atoms with Gasteiger partial charge in [-0.05, 0) is 18.2 Å². The highest BCUT2D eigenvalue weighted by Gasteiger charge is 2.12. The van der Waals surface area contributed by atoms with E-state index in [0.29, 0.717) is 12.1 Å². The fourth-order valence-electron chi connectivity index (χ4n) is 1.54. The maximum atomic E-state index is 9.93. The van der Waals surface area contributed by atoms with Crippen LogP contribution in [0.5, 0.6) is 0 Å². The van der Waals surface area contributed by atoms with Gasteiger partial charge in [0.1, 0.15) is 5.76 Å². The monoisotopic (exact) mass is 203 g/mol. The highest BCUT2D eigenvalue weighted by molar-refractivity contribution is 5.47. The van der Waals surface area contributed by atoms with Gasteiger partial charge < -0.3 is 15.3 Å². The second-order valence-corrected chi connectivity index (χ2v) is 3.43. The summed E-state index contributed by atoms with van der Waals surface area (Å²) < 4.78 is 5.16. The lowest BCUT2D eigenvalue weighted by molar-refractivity contribution is 0.171. The van der Waals surface area contributed by atoms with Gasteiger partial charge in [-0.25, -0.2) is 0 Å². The molecule has 3 nitrogen and oxygen atoms in total. The summed E-state index contributed by atoms with van der Waals surface area (Å²) >= 11 is 0. The number of furan rings is 1. The minimum Gasteiger partial charge on any atom is -0.469 e. The molecule has 1 aromatic carbocycles. The first-order valence-corrected chi connectivity index (χ1v) is 4.82. The summed E-state index contributed by atoms with van der Waals surface area (Å²) in [5.74, 6) is 0.755. The number of para-hydroxylation sites is 1. The molecule has 78 valence electrons. The van der Waals surface area contributed by atoms with Crippen molar-refractivity contribution >= 4 is 5.69 Å². The summed E-state index contributed by atoms with van der Waals surface area (Å²) in [6, 6.07) is 10.9. The fourth-order valence-corrected chi connectivity index (χ4v) is 1.54. The average Bonchev–Trinajstić information content (AvgIpc) is 2.71. The molecule has 1 heterocycles. The smallest absolute Gasteiger partial charge is 0.106 e. The van der Waals surface area contributed by atoms with Crippen molar-refractivity contribution in [2.75, 3.05) is 5.73 Å². The van der Waals surface area contributed by atoms with Crippen LogP contribution in [0.3, 0.4) is 0 Å². The van der Waals surface area contributed by atoms with Gasteiger partial charge in [0.25, 0.3) is 0 Å². The van der Waals surface area contributed by atoms with E-state index in [0.717, 1.165) is 11.3 Å². The quantitative estimate of drug-likeness (QED) is 0.751. The molecule has 1 aromatic heterocycles. The number of hydrogen-bond acceptors (Lipinski definition) is 3. The SMILES string of the molecule is Nc1ccccc1C(O)Cc1ccco1. The molecule has 15 heavy (non-hydrogen) atoms. The fraction of sp³-hybridized carbons (Fsp3) is 0.167. The first kappa shape index (κ1) is 9.80. The van der Waals surface area contributed by atoms with Crippen molar-refractivity contribution in [1.29, 1.82) is 0 Å². The first-order chi connectivity index (χ1) is 7.27. The van der Waals surface area contributed by atoms with Gasteiger partial charge in [-0.15, -0.1) is 0 Å². The van der Waals surface area contributed by atoms with Crippen LogP contribution in [0.15, 0.2) is 47.1 Å². The third kappa shape index (κ3) is 2.19. The van der Waals surface area contributed by atoms with Crippen molar-refractivity contribution in [3.8, 4) is 0 Å². The van der Waals surface area contributed by atoms with Crippen LogP contribution in [-0.2, 0) is 6.42 Å². The first-order valence-electron chi connectivity index (χ1n) is 4.82. The normalized spacial score (nSPS) is 12.6. The van der Waals surface area contributed by atoms with Crippen LogP contribution in [0.2, 0.25) is 0 Å². The summed E-state index contributed by atoms with van der Waals surface area (Å²) in [6.45, 7) is 0. The van der Waals surface area contributed by atoms with Gasteiger partial charge in [0, 0.05) is 17.7 Å². The Hall–Kier alpha value is -1.74. The van der Waals surface area contributed by atoms with E-state index in [1.54, 1.807) is 18.4 Å². The Morgan fingerprint density at radius 1 is 1.20 bits per heavy atom. The van der Waals surface area contributed by atoms with Gasteiger partial charge in [0.15, 0.2) is 0 Å². The topological polar surface area (TPSA) is 59.4 Å². The number of anilines is 1. The molecule has 2 rings (SSSR count). The molecule has 0 bridgehead atoms. The van der Waals surface area contributed by atoms with Crippen molar-refractivity contribution in [2.24, 2.45) is 0 Å². The van der Waals surface area contributed by atoms with E-state index in [1.807, 2.05) is 24.3 Å². The van der Waals surface area contributed by atoms with E-state index in [2.05, 4.69) is 0 Å². The zero-order valence-electron chi connectivity index (χ0n) is 8.26. The van der Waals surface area contributed by atoms with E-state index < -0.39 is 6.10 Å². The number of nitrogens with two attached hydrogens (primary N) is 1. The second-order valence-electron chi connectivity index (χ2n) is 3.43. The van der Waals surface area contributed by atoms with Gasteiger partial charge >= 0.3 is 0 Å². The molecule has 0 saturated carbocycles. The largest absolute Gasteiger partial charge is 0.469 e. The molecular formula is C12H13NO2. The minimum absolute atomic E-state index is 0.446. The molecule has 0 fully saturated rings. The van der Waals surface area contributed by atoms with Crippen LogP contribution in [0.1, 0.15) is 17.4 Å². The lowest BCUT2D eigenvalue weighted by Gasteiger charge is -2.11. The molecule has 0 amide bonds. The number of nitrogen functional groups attached to an aromatic ring is 1. The highest BCUT2D eigenvalue weighted by atomic mass is 16.3. The van der Waals surface area contributed by atoms with E-state index in [-0.39, 0.29) is 0 Å². The number of aliphatic hydroxyl groups is 1. The Labute approximate surface area is 88.1 Å². The van der Waals surface area contributed by atoms with Gasteiger partial charge in [-0.3, -0.25) is 0 Å². The van der Waals surface area contributed by atoms with Crippen LogP contribution in [0.4, 0.5) is 5.69 Å². The van der Waals surface area contributed by atoms with Crippen LogP contribution < -0.4 is 5.73 Å². The lowest BCUT2D eigenvalue weighted by Crippen LogP contribution is -2.04. The Kier molecular flexibility index (Phi) is 2.74. The van der Waals surface area contributed by atoms with Crippen molar-refractivity contribution in [1.82, 2.24) is 0 Å². The molecule has 3 N–H and O–H groups in total. The maximum Gasteiger partial charge on any atom is 0.106 e. The van der Waals surface area contributed by atoms with Crippen molar-refractivity contribution in [2.45, 2.75) is 12.5 Å². The molecule has 0 aliphatic carbocycles. The minimum atomic E-state index is -0.614. The number of aliphatic hydroxyl groups excluding tert-OH is 1. The predicted molar refractivity (Wildman–Crippen MR) is 58.2 cm³/mol. The van der Waals surface area contributed by atoms with E-state index in [1.165, 1.54) is 0 Å². The Morgan fingerprint density at radius 3 is 2.67 bits per heavy atom.